The lowest BCUT2D eigenvalue weighted by Crippen LogP contribution is -2.37. The van der Waals surface area contributed by atoms with Crippen molar-refractivity contribution in [3.8, 4) is 0 Å². The van der Waals surface area contributed by atoms with Crippen LogP contribution in [0.2, 0.25) is 0 Å². The highest BCUT2D eigenvalue weighted by atomic mass is 32.2. The molecule has 98 valence electrons. The van der Waals surface area contributed by atoms with Crippen molar-refractivity contribution < 1.29 is 13.2 Å². The molecule has 1 unspecified atom stereocenters. The number of thiazole rings is 1. The number of nitrogens with zero attached hydrogens (tertiary/aromatic N) is 1. The number of anilines is 1. The van der Waals surface area contributed by atoms with Crippen LogP contribution in [0.5, 0.6) is 0 Å². The Labute approximate surface area is 105 Å². The second-order valence-electron chi connectivity index (χ2n) is 3.61. The maximum Gasteiger partial charge on any atom is 0.252 e. The van der Waals surface area contributed by atoms with Crippen molar-refractivity contribution in [2.24, 2.45) is 0 Å². The monoisotopic (exact) mass is 279 g/mol. The fourth-order valence-corrected chi connectivity index (χ4v) is 3.98. The highest BCUT2D eigenvalue weighted by Crippen LogP contribution is 2.24. The quantitative estimate of drug-likeness (QED) is 0.801. The summed E-state index contributed by atoms with van der Waals surface area (Å²) in [5.74, 6) is 0. The molecule has 1 aromatic heterocycles. The number of hydrogen-bond donors (Lipinski definition) is 2. The molecule has 1 atom stereocenters. The van der Waals surface area contributed by atoms with Gasteiger partial charge in [-0.05, 0) is 13.3 Å². The van der Waals surface area contributed by atoms with Crippen LogP contribution in [0.15, 0.2) is 4.21 Å². The molecule has 0 bridgehead atoms. The SMILES string of the molecule is CCC(COC)NS(=O)(=O)c1sc(N)nc1C. The molecule has 0 spiro atoms. The van der Waals surface area contributed by atoms with E-state index in [9.17, 15) is 8.42 Å². The Morgan fingerprint density at radius 1 is 1.59 bits per heavy atom. The van der Waals surface area contributed by atoms with Crippen molar-refractivity contribution in [2.45, 2.75) is 30.5 Å². The number of hydrogen-bond acceptors (Lipinski definition) is 6. The lowest BCUT2D eigenvalue weighted by Gasteiger charge is -2.15. The van der Waals surface area contributed by atoms with Crippen molar-refractivity contribution in [3.05, 3.63) is 5.69 Å². The van der Waals surface area contributed by atoms with E-state index in [0.29, 0.717) is 18.7 Å². The lowest BCUT2D eigenvalue weighted by molar-refractivity contribution is 0.173. The van der Waals surface area contributed by atoms with Gasteiger partial charge in [0.05, 0.1) is 12.3 Å². The van der Waals surface area contributed by atoms with E-state index >= 15 is 0 Å². The van der Waals surface area contributed by atoms with Crippen LogP contribution in [0.4, 0.5) is 5.13 Å². The molecule has 0 aliphatic rings. The topological polar surface area (TPSA) is 94.3 Å². The van der Waals surface area contributed by atoms with E-state index in [1.165, 1.54) is 7.11 Å². The molecule has 0 aliphatic heterocycles. The highest BCUT2D eigenvalue weighted by Gasteiger charge is 2.24. The Bertz CT molecular complexity index is 470. The van der Waals surface area contributed by atoms with Crippen LogP contribution >= 0.6 is 11.3 Å². The average molecular weight is 279 g/mol. The number of sulfonamides is 1. The summed E-state index contributed by atoms with van der Waals surface area (Å²) in [6.45, 7) is 3.85. The van der Waals surface area contributed by atoms with Gasteiger partial charge in [-0.3, -0.25) is 0 Å². The van der Waals surface area contributed by atoms with Crippen molar-refractivity contribution in [1.82, 2.24) is 9.71 Å². The molecule has 0 aromatic carbocycles. The zero-order valence-electron chi connectivity index (χ0n) is 10.1. The number of nitrogens with two attached hydrogens (primary N) is 1. The summed E-state index contributed by atoms with van der Waals surface area (Å²) in [6.07, 6.45) is 0.653. The van der Waals surface area contributed by atoms with Gasteiger partial charge in [0.25, 0.3) is 10.0 Å². The Balaban J connectivity index is 2.92. The first-order valence-electron chi connectivity index (χ1n) is 5.14. The standard InChI is InChI=1S/C9H17N3O3S2/c1-4-7(5-15-3)12-17(13,14)8-6(2)11-9(10)16-8/h7,12H,4-5H2,1-3H3,(H2,10,11). The minimum Gasteiger partial charge on any atom is -0.383 e. The molecule has 1 aromatic rings. The fourth-order valence-electron chi connectivity index (χ4n) is 1.36. The van der Waals surface area contributed by atoms with Gasteiger partial charge >= 0.3 is 0 Å². The average Bonchev–Trinajstić information content (AvgIpc) is 2.57. The first-order chi connectivity index (χ1) is 7.90. The molecule has 0 fully saturated rings. The van der Waals surface area contributed by atoms with Crippen LogP contribution in [-0.4, -0.2) is 33.2 Å². The lowest BCUT2D eigenvalue weighted by atomic mass is 10.3. The molecule has 1 rings (SSSR count). The van der Waals surface area contributed by atoms with Gasteiger partial charge in [-0.1, -0.05) is 18.3 Å². The minimum absolute atomic E-state index is 0.171. The second-order valence-corrected chi connectivity index (χ2v) is 6.55. The third-order valence-electron chi connectivity index (χ3n) is 2.20. The van der Waals surface area contributed by atoms with E-state index in [4.69, 9.17) is 10.5 Å². The summed E-state index contributed by atoms with van der Waals surface area (Å²) in [4.78, 5) is 3.90. The van der Waals surface area contributed by atoms with E-state index in [1.807, 2.05) is 6.92 Å². The summed E-state index contributed by atoms with van der Waals surface area (Å²) >= 11 is 0.967. The van der Waals surface area contributed by atoms with Crippen molar-refractivity contribution in [3.63, 3.8) is 0 Å². The number of nitrogens with one attached hydrogen (secondary N) is 1. The number of ether oxygens (including phenoxy) is 1. The predicted molar refractivity (Wildman–Crippen MR) is 67.5 cm³/mol. The van der Waals surface area contributed by atoms with Crippen LogP contribution in [0, 0.1) is 6.92 Å². The molecular weight excluding hydrogens is 262 g/mol. The summed E-state index contributed by atoms with van der Waals surface area (Å²) in [7, 11) is -2.02. The molecule has 6 nitrogen and oxygen atoms in total. The number of aryl methyl sites for hydroxylation is 1. The summed E-state index contributed by atoms with van der Waals surface area (Å²) in [6, 6.07) is -0.243. The van der Waals surface area contributed by atoms with Crippen molar-refractivity contribution >= 4 is 26.5 Å². The molecule has 0 amide bonds. The van der Waals surface area contributed by atoms with Gasteiger partial charge in [0.2, 0.25) is 0 Å². The van der Waals surface area contributed by atoms with E-state index in [2.05, 4.69) is 9.71 Å². The molecular formula is C9H17N3O3S2. The highest BCUT2D eigenvalue weighted by molar-refractivity contribution is 7.91. The van der Waals surface area contributed by atoms with Gasteiger partial charge in [0.1, 0.15) is 0 Å². The number of nitrogen functional groups attached to an aromatic ring is 1. The van der Waals surface area contributed by atoms with Crippen molar-refractivity contribution in [2.75, 3.05) is 19.5 Å². The normalized spacial score (nSPS) is 13.8. The number of rotatable bonds is 6. The van der Waals surface area contributed by atoms with Crippen LogP contribution in [0.3, 0.4) is 0 Å². The predicted octanol–water partition coefficient (Wildman–Crippen LogP) is 0.737. The molecule has 3 N–H and O–H groups in total. The Morgan fingerprint density at radius 3 is 2.65 bits per heavy atom. The van der Waals surface area contributed by atoms with Gasteiger partial charge in [-0.2, -0.15) is 0 Å². The van der Waals surface area contributed by atoms with E-state index < -0.39 is 10.0 Å². The smallest absolute Gasteiger partial charge is 0.252 e. The summed E-state index contributed by atoms with van der Waals surface area (Å²) in [5, 5.41) is 0.252. The third-order valence-corrected chi connectivity index (χ3v) is 5.31. The number of methoxy groups -OCH3 is 1. The van der Waals surface area contributed by atoms with Gasteiger partial charge in [0.15, 0.2) is 9.34 Å². The zero-order valence-corrected chi connectivity index (χ0v) is 11.7. The summed E-state index contributed by atoms with van der Waals surface area (Å²) < 4.78 is 31.8. The van der Waals surface area contributed by atoms with E-state index in [-0.39, 0.29) is 15.4 Å². The zero-order chi connectivity index (χ0) is 13.1. The maximum atomic E-state index is 12.1. The Morgan fingerprint density at radius 2 is 2.24 bits per heavy atom. The second kappa shape index (κ2) is 5.76. The van der Waals surface area contributed by atoms with Crippen molar-refractivity contribution in [1.29, 1.82) is 0 Å². The fraction of sp³-hybridized carbons (Fsp3) is 0.667. The van der Waals surface area contributed by atoms with E-state index in [1.54, 1.807) is 6.92 Å². The van der Waals surface area contributed by atoms with Gasteiger partial charge in [0, 0.05) is 13.2 Å². The first-order valence-corrected chi connectivity index (χ1v) is 7.44. The Hall–Kier alpha value is -0.700. The largest absolute Gasteiger partial charge is 0.383 e. The van der Waals surface area contributed by atoms with E-state index in [0.717, 1.165) is 11.3 Å². The van der Waals surface area contributed by atoms with Crippen LogP contribution in [-0.2, 0) is 14.8 Å². The van der Waals surface area contributed by atoms with Gasteiger partial charge in [-0.15, -0.1) is 0 Å². The van der Waals surface area contributed by atoms with Crippen LogP contribution in [0.1, 0.15) is 19.0 Å². The molecule has 0 aliphatic carbocycles. The minimum atomic E-state index is -3.56. The summed E-state index contributed by atoms with van der Waals surface area (Å²) in [5.41, 5.74) is 5.91. The molecule has 8 heteroatoms. The molecule has 1 heterocycles. The molecule has 0 saturated carbocycles. The van der Waals surface area contributed by atoms with Gasteiger partial charge in [-0.25, -0.2) is 18.1 Å². The molecule has 0 radical (unpaired) electrons. The molecule has 17 heavy (non-hydrogen) atoms. The Kier molecular flexibility index (Phi) is 4.87. The maximum absolute atomic E-state index is 12.1. The first kappa shape index (κ1) is 14.4. The molecule has 0 saturated heterocycles. The third kappa shape index (κ3) is 3.63. The van der Waals surface area contributed by atoms with Gasteiger partial charge < -0.3 is 10.5 Å². The number of aromatic nitrogens is 1. The van der Waals surface area contributed by atoms with Crippen LogP contribution in [0.25, 0.3) is 0 Å². The van der Waals surface area contributed by atoms with Crippen LogP contribution < -0.4 is 10.5 Å².